The molecule has 2 aromatic rings. The average Bonchev–Trinajstić information content (AvgIpc) is 2.84. The number of urea groups is 1. The Morgan fingerprint density at radius 3 is 2.58 bits per heavy atom. The number of amides is 2. The molecular weight excluding hydrogens is 416 g/mol. The molecule has 1 aliphatic rings. The Morgan fingerprint density at radius 2 is 1.88 bits per heavy atom. The van der Waals surface area contributed by atoms with Crippen molar-refractivity contribution in [2.45, 2.75) is 25.7 Å². The van der Waals surface area contributed by atoms with Gasteiger partial charge in [-0.05, 0) is 48.9 Å². The maximum atomic E-state index is 12.2. The maximum Gasteiger partial charge on any atom is 0.361 e. The summed E-state index contributed by atoms with van der Waals surface area (Å²) < 4.78 is 5.69. The van der Waals surface area contributed by atoms with Gasteiger partial charge in [-0.2, -0.15) is 5.26 Å². The highest BCUT2D eigenvalue weighted by Gasteiger charge is 2.35. The minimum atomic E-state index is -0.300. The molecule has 2 amide bonds. The van der Waals surface area contributed by atoms with E-state index in [2.05, 4.69) is 41.0 Å². The number of rotatable bonds is 9. The normalized spacial score (nSPS) is 19.8. The lowest BCUT2D eigenvalue weighted by Gasteiger charge is -2.43. The fourth-order valence-electron chi connectivity index (χ4n) is 4.58. The molecule has 33 heavy (non-hydrogen) atoms. The van der Waals surface area contributed by atoms with E-state index in [1.165, 1.54) is 12.7 Å². The van der Waals surface area contributed by atoms with Crippen molar-refractivity contribution in [3.63, 3.8) is 0 Å². The summed E-state index contributed by atoms with van der Waals surface area (Å²) >= 11 is 0. The molecule has 174 valence electrons. The Labute approximate surface area is 195 Å². The summed E-state index contributed by atoms with van der Waals surface area (Å²) in [6, 6.07) is 19.1. The highest BCUT2D eigenvalue weighted by atomic mass is 16.5. The van der Waals surface area contributed by atoms with Gasteiger partial charge in [0.2, 0.25) is 0 Å². The average molecular weight is 450 g/mol. The Morgan fingerprint density at radius 1 is 1.12 bits per heavy atom. The van der Waals surface area contributed by atoms with E-state index in [1.807, 2.05) is 6.07 Å². The Bertz CT molecular complexity index is 963. The predicted molar refractivity (Wildman–Crippen MR) is 127 cm³/mol. The number of hydrogen-bond acceptors (Lipinski definition) is 4. The third-order valence-corrected chi connectivity index (χ3v) is 6.43. The van der Waals surface area contributed by atoms with E-state index >= 15 is 0 Å². The number of ether oxygens (including phenoxy) is 1. The molecule has 0 atom stereocenters. The van der Waals surface area contributed by atoms with Crippen LogP contribution in [0, 0.1) is 17.2 Å². The van der Waals surface area contributed by atoms with Gasteiger partial charge < -0.3 is 19.9 Å². The number of nitrogens with one attached hydrogen (secondary N) is 2. The van der Waals surface area contributed by atoms with Crippen LogP contribution in [0.5, 0.6) is 0 Å². The quantitative estimate of drug-likeness (QED) is 0.347. The summed E-state index contributed by atoms with van der Waals surface area (Å²) in [5.41, 5.74) is 2.45. The number of anilines is 1. The van der Waals surface area contributed by atoms with Gasteiger partial charge >= 0.3 is 12.0 Å². The number of carbonyl (C=O) groups is 2. The molecule has 0 radical (unpaired) electrons. The van der Waals surface area contributed by atoms with E-state index in [1.54, 1.807) is 24.3 Å². The molecule has 2 aromatic carbocycles. The number of quaternary nitrogens is 1. The van der Waals surface area contributed by atoms with E-state index in [0.717, 1.165) is 45.3 Å². The molecule has 0 aromatic heterocycles. The number of benzene rings is 2. The molecule has 0 saturated carbocycles. The summed E-state index contributed by atoms with van der Waals surface area (Å²) in [5.74, 6) is 0.448. The van der Waals surface area contributed by atoms with Gasteiger partial charge in [-0.25, -0.2) is 9.59 Å². The molecule has 0 spiro atoms. The van der Waals surface area contributed by atoms with Crippen LogP contribution in [0.1, 0.15) is 30.4 Å². The third kappa shape index (κ3) is 7.62. The molecule has 7 nitrogen and oxygen atoms in total. The Hall–Kier alpha value is -3.37. The van der Waals surface area contributed by atoms with E-state index in [9.17, 15) is 9.59 Å². The van der Waals surface area contributed by atoms with Crippen molar-refractivity contribution >= 4 is 17.7 Å². The zero-order valence-electron chi connectivity index (χ0n) is 19.3. The highest BCUT2D eigenvalue weighted by Crippen LogP contribution is 2.27. The summed E-state index contributed by atoms with van der Waals surface area (Å²) in [6.45, 7) is 3.59. The fraction of sp³-hybridized carbons (Fsp3) is 0.423. The molecule has 0 aliphatic carbocycles. The summed E-state index contributed by atoms with van der Waals surface area (Å²) in [4.78, 5) is 24.3. The van der Waals surface area contributed by atoms with Crippen LogP contribution >= 0.6 is 0 Å². The van der Waals surface area contributed by atoms with Gasteiger partial charge in [0.05, 0.1) is 38.4 Å². The standard InChI is InChI=1S/C26H32N4O3/c1-33-25(31)20-30(15-11-22(12-16-30)17-21-7-3-2-4-8-21)14-6-13-28-26(32)29-24-10-5-9-23(18-24)19-27/h2-5,7-10,18,22H,6,11-17,20H2,1H3,(H-,28,29,32)/p+1. The smallest absolute Gasteiger partial charge is 0.361 e. The molecule has 1 heterocycles. The van der Waals surface area contributed by atoms with Gasteiger partial charge in [-0.1, -0.05) is 36.4 Å². The zero-order chi connectivity index (χ0) is 23.5. The molecular formula is C26H33N4O3+. The first-order chi connectivity index (χ1) is 16.0. The Kier molecular flexibility index (Phi) is 8.85. The van der Waals surface area contributed by atoms with Gasteiger partial charge in [0, 0.05) is 18.7 Å². The SMILES string of the molecule is COC(=O)C[N+]1(CCCNC(=O)Nc2cccc(C#N)c2)CCC(Cc2ccccc2)CC1. The Balaban J connectivity index is 1.47. The van der Waals surface area contributed by atoms with Crippen molar-refractivity contribution in [1.29, 1.82) is 5.26 Å². The minimum absolute atomic E-state index is 0.181. The molecule has 1 aliphatic heterocycles. The van der Waals surface area contributed by atoms with Crippen LogP contribution in [-0.4, -0.2) is 56.3 Å². The van der Waals surface area contributed by atoms with Crippen molar-refractivity contribution in [3.8, 4) is 6.07 Å². The van der Waals surface area contributed by atoms with Crippen molar-refractivity contribution in [2.24, 2.45) is 5.92 Å². The maximum absolute atomic E-state index is 12.2. The van der Waals surface area contributed by atoms with Crippen LogP contribution < -0.4 is 10.6 Å². The first-order valence-electron chi connectivity index (χ1n) is 11.5. The fourth-order valence-corrected chi connectivity index (χ4v) is 4.58. The van der Waals surface area contributed by atoms with Gasteiger partial charge in [-0.3, -0.25) is 0 Å². The third-order valence-electron chi connectivity index (χ3n) is 6.43. The molecule has 3 rings (SSSR count). The first kappa shape index (κ1) is 24.3. The topological polar surface area (TPSA) is 91.2 Å². The van der Waals surface area contributed by atoms with E-state index in [0.29, 0.717) is 34.7 Å². The van der Waals surface area contributed by atoms with E-state index in [4.69, 9.17) is 10.00 Å². The van der Waals surface area contributed by atoms with Crippen molar-refractivity contribution in [3.05, 3.63) is 65.7 Å². The second kappa shape index (κ2) is 12.0. The largest absolute Gasteiger partial charge is 0.465 e. The van der Waals surface area contributed by atoms with Gasteiger partial charge in [0.25, 0.3) is 0 Å². The molecule has 1 fully saturated rings. The molecule has 2 N–H and O–H groups in total. The summed E-state index contributed by atoms with van der Waals surface area (Å²) in [6.07, 6.45) is 4.00. The number of nitrogens with zero attached hydrogens (tertiary/aromatic N) is 2. The van der Waals surface area contributed by atoms with Crippen LogP contribution in [0.15, 0.2) is 54.6 Å². The number of esters is 1. The molecule has 0 bridgehead atoms. The number of piperidine rings is 1. The monoisotopic (exact) mass is 449 g/mol. The lowest BCUT2D eigenvalue weighted by atomic mass is 9.88. The molecule has 1 saturated heterocycles. The second-order valence-corrected chi connectivity index (χ2v) is 8.81. The van der Waals surface area contributed by atoms with Gasteiger partial charge in [0.1, 0.15) is 0 Å². The zero-order valence-corrected chi connectivity index (χ0v) is 19.3. The van der Waals surface area contributed by atoms with E-state index in [-0.39, 0.29) is 12.0 Å². The number of nitriles is 1. The molecule has 0 unspecified atom stereocenters. The molecule has 7 heteroatoms. The number of hydrogen-bond donors (Lipinski definition) is 2. The van der Waals surface area contributed by atoms with Crippen molar-refractivity contribution in [2.75, 3.05) is 45.2 Å². The lowest BCUT2D eigenvalue weighted by molar-refractivity contribution is -0.927. The van der Waals surface area contributed by atoms with Crippen LogP contribution in [0.4, 0.5) is 10.5 Å². The van der Waals surface area contributed by atoms with Crippen LogP contribution in [-0.2, 0) is 16.0 Å². The number of likely N-dealkylation sites (tertiary alicyclic amines) is 1. The van der Waals surface area contributed by atoms with Crippen molar-refractivity contribution in [1.82, 2.24) is 5.32 Å². The van der Waals surface area contributed by atoms with Crippen LogP contribution in [0.25, 0.3) is 0 Å². The van der Waals surface area contributed by atoms with Crippen LogP contribution in [0.3, 0.4) is 0 Å². The first-order valence-corrected chi connectivity index (χ1v) is 11.5. The minimum Gasteiger partial charge on any atom is -0.465 e. The van der Waals surface area contributed by atoms with E-state index < -0.39 is 0 Å². The lowest BCUT2D eigenvalue weighted by Crippen LogP contribution is -2.56. The number of carbonyl (C=O) groups excluding carboxylic acids is 2. The number of methoxy groups -OCH3 is 1. The van der Waals surface area contributed by atoms with Gasteiger partial charge in [-0.15, -0.1) is 0 Å². The van der Waals surface area contributed by atoms with Crippen molar-refractivity contribution < 1.29 is 18.8 Å². The van der Waals surface area contributed by atoms with Gasteiger partial charge in [0.15, 0.2) is 6.54 Å². The predicted octanol–water partition coefficient (Wildman–Crippen LogP) is 3.71. The summed E-state index contributed by atoms with van der Waals surface area (Å²) in [7, 11) is 1.44. The summed E-state index contributed by atoms with van der Waals surface area (Å²) in [5, 5.41) is 14.6. The van der Waals surface area contributed by atoms with Crippen LogP contribution in [0.2, 0.25) is 0 Å². The highest BCUT2D eigenvalue weighted by molar-refractivity contribution is 5.89. The second-order valence-electron chi connectivity index (χ2n) is 8.81.